The number of hydrogen-bond donors (Lipinski definition) is 1. The van der Waals surface area contributed by atoms with Gasteiger partial charge in [0.25, 0.3) is 0 Å². The number of rotatable bonds is 7. The topological polar surface area (TPSA) is 26.2 Å². The van der Waals surface area contributed by atoms with Gasteiger partial charge in [-0.1, -0.05) is 23.7 Å². The first-order valence-electron chi connectivity index (χ1n) is 6.78. The van der Waals surface area contributed by atoms with Crippen molar-refractivity contribution in [3.8, 4) is 0 Å². The van der Waals surface area contributed by atoms with Crippen LogP contribution in [0.4, 0.5) is 0 Å². The molecule has 0 aliphatic rings. The van der Waals surface area contributed by atoms with E-state index in [0.717, 1.165) is 36.8 Å². The number of nitrogens with one attached hydrogen (secondary N) is 1. The molecule has 0 aliphatic carbocycles. The van der Waals surface area contributed by atoms with Crippen molar-refractivity contribution < 1.29 is 4.74 Å². The fourth-order valence-electron chi connectivity index (χ4n) is 2.08. The highest BCUT2D eigenvalue weighted by molar-refractivity contribution is 6.31. The molecule has 0 atom stereocenters. The molecule has 4 heteroatoms. The summed E-state index contributed by atoms with van der Waals surface area (Å²) < 4.78 is 7.16. The van der Waals surface area contributed by atoms with Crippen LogP contribution in [0.2, 0.25) is 5.02 Å². The summed E-state index contributed by atoms with van der Waals surface area (Å²) in [6.07, 6.45) is 4.24. The van der Waals surface area contributed by atoms with Crippen molar-refractivity contribution in [2.45, 2.75) is 20.0 Å². The molecule has 1 heterocycles. The van der Waals surface area contributed by atoms with Gasteiger partial charge in [-0.2, -0.15) is 0 Å². The average molecular weight is 293 g/mol. The van der Waals surface area contributed by atoms with Crippen molar-refractivity contribution >= 4 is 11.6 Å². The Kier molecular flexibility index (Phi) is 5.65. The summed E-state index contributed by atoms with van der Waals surface area (Å²) in [5.41, 5.74) is 3.60. The zero-order valence-electron chi connectivity index (χ0n) is 12.0. The summed E-state index contributed by atoms with van der Waals surface area (Å²) in [6.45, 7) is 5.31. The number of ether oxygens (including phenoxy) is 1. The molecule has 0 aliphatic heterocycles. The van der Waals surface area contributed by atoms with Crippen LogP contribution >= 0.6 is 11.6 Å². The van der Waals surface area contributed by atoms with Crippen molar-refractivity contribution in [2.75, 3.05) is 20.3 Å². The zero-order chi connectivity index (χ0) is 14.4. The highest BCUT2D eigenvalue weighted by atomic mass is 35.5. The number of benzene rings is 1. The summed E-state index contributed by atoms with van der Waals surface area (Å²) in [7, 11) is 1.71. The number of nitrogens with zero attached hydrogens (tertiary/aromatic N) is 1. The van der Waals surface area contributed by atoms with Gasteiger partial charge in [-0.15, -0.1) is 0 Å². The minimum Gasteiger partial charge on any atom is -0.383 e. The molecule has 1 N–H and O–H groups in total. The molecule has 0 unspecified atom stereocenters. The number of hydrogen-bond acceptors (Lipinski definition) is 2. The van der Waals surface area contributed by atoms with Crippen molar-refractivity contribution in [3.63, 3.8) is 0 Å². The number of aryl methyl sites for hydroxylation is 1. The maximum absolute atomic E-state index is 6.27. The van der Waals surface area contributed by atoms with Crippen LogP contribution in [-0.2, 0) is 17.8 Å². The van der Waals surface area contributed by atoms with Crippen molar-refractivity contribution in [1.82, 2.24) is 9.88 Å². The third kappa shape index (κ3) is 4.37. The molecule has 0 amide bonds. The van der Waals surface area contributed by atoms with E-state index in [0.29, 0.717) is 0 Å². The van der Waals surface area contributed by atoms with E-state index < -0.39 is 0 Å². The molecule has 0 saturated carbocycles. The van der Waals surface area contributed by atoms with Gasteiger partial charge in [0.2, 0.25) is 0 Å². The normalized spacial score (nSPS) is 10.9. The molecule has 108 valence electrons. The molecule has 1 aromatic carbocycles. The van der Waals surface area contributed by atoms with Crippen molar-refractivity contribution in [3.05, 3.63) is 58.4 Å². The van der Waals surface area contributed by atoms with E-state index in [2.05, 4.69) is 47.4 Å². The fraction of sp³-hybridized carbons (Fsp3) is 0.375. The van der Waals surface area contributed by atoms with Gasteiger partial charge in [0.05, 0.1) is 6.61 Å². The second kappa shape index (κ2) is 7.48. The maximum Gasteiger partial charge on any atom is 0.0587 e. The van der Waals surface area contributed by atoms with Crippen LogP contribution in [-0.4, -0.2) is 24.8 Å². The van der Waals surface area contributed by atoms with Gasteiger partial charge >= 0.3 is 0 Å². The van der Waals surface area contributed by atoms with E-state index in [-0.39, 0.29) is 0 Å². The van der Waals surface area contributed by atoms with E-state index in [9.17, 15) is 0 Å². The molecule has 0 spiro atoms. The van der Waals surface area contributed by atoms with Gasteiger partial charge in [0, 0.05) is 44.2 Å². The molecule has 0 radical (unpaired) electrons. The first kappa shape index (κ1) is 15.1. The monoisotopic (exact) mass is 292 g/mol. The number of aromatic nitrogens is 1. The summed E-state index contributed by atoms with van der Waals surface area (Å²) in [4.78, 5) is 0. The molecule has 1 aromatic heterocycles. The predicted octanol–water partition coefficient (Wildman–Crippen LogP) is 3.23. The van der Waals surface area contributed by atoms with Gasteiger partial charge in [0.15, 0.2) is 0 Å². The highest BCUT2D eigenvalue weighted by Gasteiger charge is 2.02. The lowest BCUT2D eigenvalue weighted by Crippen LogP contribution is -2.18. The molecule has 0 fully saturated rings. The Morgan fingerprint density at radius 2 is 2.15 bits per heavy atom. The van der Waals surface area contributed by atoms with Crippen molar-refractivity contribution in [1.29, 1.82) is 0 Å². The second-order valence-electron chi connectivity index (χ2n) is 4.96. The van der Waals surface area contributed by atoms with Gasteiger partial charge in [-0.25, -0.2) is 0 Å². The molecule has 0 bridgehead atoms. The quantitative estimate of drug-likeness (QED) is 0.793. The van der Waals surface area contributed by atoms with Gasteiger partial charge in [0.1, 0.15) is 0 Å². The molecular weight excluding hydrogens is 272 g/mol. The lowest BCUT2D eigenvalue weighted by atomic mass is 10.1. The zero-order valence-corrected chi connectivity index (χ0v) is 12.8. The van der Waals surface area contributed by atoms with Crippen LogP contribution in [0.1, 0.15) is 16.7 Å². The maximum atomic E-state index is 6.27. The van der Waals surface area contributed by atoms with Gasteiger partial charge < -0.3 is 14.6 Å². The van der Waals surface area contributed by atoms with E-state index in [1.54, 1.807) is 7.11 Å². The summed E-state index contributed by atoms with van der Waals surface area (Å²) in [6, 6.07) is 8.32. The Bertz CT molecular complexity index is 551. The van der Waals surface area contributed by atoms with Crippen molar-refractivity contribution in [2.24, 2.45) is 0 Å². The van der Waals surface area contributed by atoms with Crippen LogP contribution in [0.25, 0.3) is 0 Å². The Balaban J connectivity index is 1.92. The van der Waals surface area contributed by atoms with E-state index in [1.807, 2.05) is 6.07 Å². The van der Waals surface area contributed by atoms with Crippen LogP contribution in [0, 0.1) is 6.92 Å². The Hall–Kier alpha value is -1.29. The second-order valence-corrected chi connectivity index (χ2v) is 5.36. The molecule has 3 nitrogen and oxygen atoms in total. The minimum atomic E-state index is 0.736. The largest absolute Gasteiger partial charge is 0.383 e. The Labute approximate surface area is 125 Å². The summed E-state index contributed by atoms with van der Waals surface area (Å²) in [5.74, 6) is 0. The smallest absolute Gasteiger partial charge is 0.0587 e. The molecule has 20 heavy (non-hydrogen) atoms. The average Bonchev–Trinajstić information content (AvgIpc) is 2.86. The van der Waals surface area contributed by atoms with Gasteiger partial charge in [-0.05, 0) is 35.7 Å². The third-order valence-electron chi connectivity index (χ3n) is 3.19. The molecule has 2 rings (SSSR count). The lowest BCUT2D eigenvalue weighted by Gasteiger charge is -2.07. The Morgan fingerprint density at radius 3 is 2.90 bits per heavy atom. The van der Waals surface area contributed by atoms with Crippen LogP contribution < -0.4 is 5.32 Å². The Morgan fingerprint density at radius 1 is 1.30 bits per heavy atom. The standard InChI is InChI=1S/C16H21ClN2O/c1-13-3-4-15(16(17)9-13)12-19-7-5-14(11-19)10-18-6-8-20-2/h3-5,7,9,11,18H,6,8,10,12H2,1-2H3. The van der Waals surface area contributed by atoms with Crippen LogP contribution in [0.15, 0.2) is 36.7 Å². The third-order valence-corrected chi connectivity index (χ3v) is 3.54. The predicted molar refractivity (Wildman–Crippen MR) is 83.3 cm³/mol. The SMILES string of the molecule is COCCNCc1ccn(Cc2ccc(C)cc2Cl)c1. The minimum absolute atomic E-state index is 0.736. The number of methoxy groups -OCH3 is 1. The summed E-state index contributed by atoms with van der Waals surface area (Å²) in [5, 5.41) is 4.17. The van der Waals surface area contributed by atoms with E-state index >= 15 is 0 Å². The molecule has 2 aromatic rings. The first-order valence-corrected chi connectivity index (χ1v) is 7.16. The summed E-state index contributed by atoms with van der Waals surface area (Å²) >= 11 is 6.27. The lowest BCUT2D eigenvalue weighted by molar-refractivity contribution is 0.199. The van der Waals surface area contributed by atoms with Crippen LogP contribution in [0.5, 0.6) is 0 Å². The van der Waals surface area contributed by atoms with Gasteiger partial charge in [-0.3, -0.25) is 0 Å². The fourth-order valence-corrected chi connectivity index (χ4v) is 2.37. The number of halogens is 1. The van der Waals surface area contributed by atoms with E-state index in [1.165, 1.54) is 11.1 Å². The molecule has 0 saturated heterocycles. The first-order chi connectivity index (χ1) is 9.69. The molecular formula is C16H21ClN2O. The van der Waals surface area contributed by atoms with E-state index in [4.69, 9.17) is 16.3 Å². The highest BCUT2D eigenvalue weighted by Crippen LogP contribution is 2.19. The van der Waals surface area contributed by atoms with Crippen LogP contribution in [0.3, 0.4) is 0 Å².